The molecule has 1 N–H and O–H groups in total. The summed E-state index contributed by atoms with van der Waals surface area (Å²) in [5.41, 5.74) is -0.567. The van der Waals surface area contributed by atoms with Gasteiger partial charge in [-0.25, -0.2) is 8.78 Å². The summed E-state index contributed by atoms with van der Waals surface area (Å²) < 4.78 is 29.0. The van der Waals surface area contributed by atoms with Crippen molar-refractivity contribution >= 4 is 0 Å². The number of nitrogens with zero attached hydrogens (tertiary/aromatic N) is 1. The Balaban J connectivity index is 2.39. The molecule has 5 heteroatoms. The van der Waals surface area contributed by atoms with E-state index in [1.807, 2.05) is 6.92 Å². The van der Waals surface area contributed by atoms with Crippen molar-refractivity contribution in [2.45, 2.75) is 50.7 Å². The molecule has 0 aromatic rings. The van der Waals surface area contributed by atoms with Crippen LogP contribution in [-0.2, 0) is 4.74 Å². The fourth-order valence-electron chi connectivity index (χ4n) is 2.02. The molecule has 1 fully saturated rings. The van der Waals surface area contributed by atoms with Crippen molar-refractivity contribution in [2.75, 3.05) is 13.2 Å². The molecule has 0 radical (unpaired) electrons. The molecule has 16 heavy (non-hydrogen) atoms. The van der Waals surface area contributed by atoms with E-state index in [0.29, 0.717) is 19.3 Å². The topological polar surface area (TPSA) is 45.0 Å². The Kier molecular flexibility index (Phi) is 5.10. The van der Waals surface area contributed by atoms with Crippen LogP contribution in [0.2, 0.25) is 0 Å². The van der Waals surface area contributed by atoms with Gasteiger partial charge in [0.1, 0.15) is 12.1 Å². The predicted molar refractivity (Wildman–Crippen MR) is 56.2 cm³/mol. The number of ether oxygens (including phenoxy) is 1. The van der Waals surface area contributed by atoms with Crippen molar-refractivity contribution < 1.29 is 13.5 Å². The molecule has 0 bridgehead atoms. The van der Waals surface area contributed by atoms with E-state index in [1.54, 1.807) is 0 Å². The Hall–Kier alpha value is -0.730. The first kappa shape index (κ1) is 13.3. The number of rotatable bonds is 6. The van der Waals surface area contributed by atoms with Gasteiger partial charge in [0, 0.05) is 6.42 Å². The van der Waals surface area contributed by atoms with Crippen LogP contribution in [0, 0.1) is 11.3 Å². The normalized spacial score (nSPS) is 29.6. The lowest BCUT2D eigenvalue weighted by molar-refractivity contribution is -0.0227. The lowest BCUT2D eigenvalue weighted by Crippen LogP contribution is -2.42. The Morgan fingerprint density at radius 3 is 2.94 bits per heavy atom. The van der Waals surface area contributed by atoms with Gasteiger partial charge in [0.25, 0.3) is 6.43 Å². The summed E-state index contributed by atoms with van der Waals surface area (Å²) >= 11 is 0. The number of halogens is 2. The van der Waals surface area contributed by atoms with Gasteiger partial charge in [0.05, 0.1) is 12.2 Å². The van der Waals surface area contributed by atoms with E-state index in [-0.39, 0.29) is 6.10 Å². The molecule has 0 aromatic carbocycles. The number of nitriles is 1. The molecule has 0 aliphatic heterocycles. The molecule has 92 valence electrons. The minimum Gasteiger partial charge on any atom is -0.372 e. The first-order chi connectivity index (χ1) is 7.62. The highest BCUT2D eigenvalue weighted by atomic mass is 19.3. The summed E-state index contributed by atoms with van der Waals surface area (Å²) in [5, 5.41) is 12.3. The van der Waals surface area contributed by atoms with Crippen LogP contribution in [0.5, 0.6) is 0 Å². The van der Waals surface area contributed by atoms with E-state index >= 15 is 0 Å². The van der Waals surface area contributed by atoms with Crippen molar-refractivity contribution in [3.8, 4) is 6.07 Å². The molecule has 1 aliphatic rings. The summed E-state index contributed by atoms with van der Waals surface area (Å²) in [4.78, 5) is 0. The van der Waals surface area contributed by atoms with Crippen LogP contribution in [0.3, 0.4) is 0 Å². The first-order valence-corrected chi connectivity index (χ1v) is 5.68. The lowest BCUT2D eigenvalue weighted by atomic mass is 9.99. The highest BCUT2D eigenvalue weighted by molar-refractivity contribution is 5.12. The first-order valence-electron chi connectivity index (χ1n) is 5.68. The average molecular weight is 232 g/mol. The smallest absolute Gasteiger partial charge is 0.261 e. The SMILES string of the molecule is CCCNC1(C#N)CCC(OCC(F)F)C1. The molecule has 0 saturated heterocycles. The second-order valence-electron chi connectivity index (χ2n) is 4.21. The standard InChI is InChI=1S/C11H18F2N2O/c1-2-5-15-11(8-14)4-3-9(6-11)16-7-10(12)13/h9-10,15H,2-7H2,1H3. The maximum absolute atomic E-state index is 12.0. The van der Waals surface area contributed by atoms with Crippen LogP contribution in [0.25, 0.3) is 0 Å². The highest BCUT2D eigenvalue weighted by Gasteiger charge is 2.39. The fraction of sp³-hybridized carbons (Fsp3) is 0.909. The predicted octanol–water partition coefficient (Wildman–Crippen LogP) is 2.08. The summed E-state index contributed by atoms with van der Waals surface area (Å²) in [6, 6.07) is 2.25. The zero-order chi connectivity index (χ0) is 12.0. The fourth-order valence-corrected chi connectivity index (χ4v) is 2.02. The van der Waals surface area contributed by atoms with Gasteiger partial charge in [-0.3, -0.25) is 5.32 Å². The molecular weight excluding hydrogens is 214 g/mol. The van der Waals surface area contributed by atoms with E-state index in [2.05, 4.69) is 11.4 Å². The third kappa shape index (κ3) is 3.69. The molecule has 0 aromatic heterocycles. The van der Waals surface area contributed by atoms with E-state index < -0.39 is 18.6 Å². The monoisotopic (exact) mass is 232 g/mol. The number of alkyl halides is 2. The molecule has 0 amide bonds. The van der Waals surface area contributed by atoms with E-state index in [1.165, 1.54) is 0 Å². The average Bonchev–Trinajstić information content (AvgIpc) is 2.68. The maximum atomic E-state index is 12.0. The van der Waals surface area contributed by atoms with Crippen molar-refractivity contribution in [3.63, 3.8) is 0 Å². The minimum absolute atomic E-state index is 0.210. The zero-order valence-electron chi connectivity index (χ0n) is 9.51. The Bertz CT molecular complexity index is 255. The number of hydrogen-bond acceptors (Lipinski definition) is 3. The van der Waals surface area contributed by atoms with Crippen LogP contribution < -0.4 is 5.32 Å². The second-order valence-corrected chi connectivity index (χ2v) is 4.21. The van der Waals surface area contributed by atoms with E-state index in [4.69, 9.17) is 10.00 Å². The van der Waals surface area contributed by atoms with Crippen molar-refractivity contribution in [2.24, 2.45) is 0 Å². The van der Waals surface area contributed by atoms with Crippen molar-refractivity contribution in [3.05, 3.63) is 0 Å². The Morgan fingerprint density at radius 2 is 2.38 bits per heavy atom. The minimum atomic E-state index is -2.43. The van der Waals surface area contributed by atoms with Gasteiger partial charge in [-0.05, 0) is 25.8 Å². The van der Waals surface area contributed by atoms with Gasteiger partial charge in [-0.15, -0.1) is 0 Å². The van der Waals surface area contributed by atoms with Gasteiger partial charge in [-0.1, -0.05) is 6.92 Å². The van der Waals surface area contributed by atoms with Gasteiger partial charge in [-0.2, -0.15) is 5.26 Å². The van der Waals surface area contributed by atoms with Crippen molar-refractivity contribution in [1.82, 2.24) is 5.32 Å². The third-order valence-corrected chi connectivity index (χ3v) is 2.85. The quantitative estimate of drug-likeness (QED) is 0.762. The molecule has 2 unspecified atom stereocenters. The molecule has 3 nitrogen and oxygen atoms in total. The van der Waals surface area contributed by atoms with Gasteiger partial charge in [0.2, 0.25) is 0 Å². The summed E-state index contributed by atoms with van der Waals surface area (Å²) in [6.07, 6.45) is 0.176. The van der Waals surface area contributed by atoms with Gasteiger partial charge >= 0.3 is 0 Å². The van der Waals surface area contributed by atoms with Gasteiger partial charge in [0.15, 0.2) is 0 Å². The Labute approximate surface area is 94.8 Å². The van der Waals surface area contributed by atoms with Crippen LogP contribution in [0.15, 0.2) is 0 Å². The van der Waals surface area contributed by atoms with Gasteiger partial charge < -0.3 is 4.74 Å². The summed E-state index contributed by atoms with van der Waals surface area (Å²) in [5.74, 6) is 0. The van der Waals surface area contributed by atoms with Crippen LogP contribution in [0.1, 0.15) is 32.6 Å². The maximum Gasteiger partial charge on any atom is 0.261 e. The zero-order valence-corrected chi connectivity index (χ0v) is 9.51. The second kappa shape index (κ2) is 6.12. The van der Waals surface area contributed by atoms with E-state index in [0.717, 1.165) is 13.0 Å². The molecule has 1 aliphatic carbocycles. The molecule has 1 rings (SSSR count). The van der Waals surface area contributed by atoms with E-state index in [9.17, 15) is 8.78 Å². The highest BCUT2D eigenvalue weighted by Crippen LogP contribution is 2.31. The molecule has 2 atom stereocenters. The van der Waals surface area contributed by atoms with Crippen molar-refractivity contribution in [1.29, 1.82) is 5.26 Å². The van der Waals surface area contributed by atoms with Crippen LogP contribution >= 0.6 is 0 Å². The third-order valence-electron chi connectivity index (χ3n) is 2.85. The Morgan fingerprint density at radius 1 is 1.62 bits per heavy atom. The summed E-state index contributed by atoms with van der Waals surface area (Å²) in [6.45, 7) is 2.27. The molecule has 0 spiro atoms. The van der Waals surface area contributed by atoms with Crippen LogP contribution in [-0.4, -0.2) is 31.2 Å². The number of hydrogen-bond donors (Lipinski definition) is 1. The molecular formula is C11H18F2N2O. The van der Waals surface area contributed by atoms with Crippen LogP contribution in [0.4, 0.5) is 8.78 Å². The number of nitrogens with one attached hydrogen (secondary N) is 1. The molecule has 1 saturated carbocycles. The lowest BCUT2D eigenvalue weighted by Gasteiger charge is -2.22. The molecule has 0 heterocycles. The summed E-state index contributed by atoms with van der Waals surface area (Å²) in [7, 11) is 0. The largest absolute Gasteiger partial charge is 0.372 e.